The summed E-state index contributed by atoms with van der Waals surface area (Å²) in [4.78, 5) is 4.53. The standard InChI is InChI=1S/C21H26N4O/c1-24-10-5-8-18(24)14-23-19-12-16(13-20(19)26)15-25-11-9-22-21(25)17-6-3-2-4-7-17/h2-11,16,19-20,23,26H,12-15H2,1H3/t16?,19-,20-/m1/s1. The largest absolute Gasteiger partial charge is 0.391 e. The number of imidazole rings is 1. The fourth-order valence-corrected chi connectivity index (χ4v) is 3.98. The molecule has 1 aliphatic rings. The zero-order valence-corrected chi connectivity index (χ0v) is 15.1. The van der Waals surface area contributed by atoms with Gasteiger partial charge in [-0.25, -0.2) is 4.98 Å². The number of nitrogens with one attached hydrogen (secondary N) is 1. The third kappa shape index (κ3) is 3.59. The maximum absolute atomic E-state index is 10.5. The molecule has 136 valence electrons. The molecule has 2 aromatic heterocycles. The molecule has 0 bridgehead atoms. The molecule has 0 saturated heterocycles. The summed E-state index contributed by atoms with van der Waals surface area (Å²) < 4.78 is 4.33. The minimum Gasteiger partial charge on any atom is -0.391 e. The molecule has 0 aliphatic heterocycles. The Kier molecular flexibility index (Phi) is 4.91. The highest BCUT2D eigenvalue weighted by Crippen LogP contribution is 2.29. The lowest BCUT2D eigenvalue weighted by molar-refractivity contribution is 0.145. The minimum absolute atomic E-state index is 0.151. The number of benzene rings is 1. The van der Waals surface area contributed by atoms with E-state index in [1.807, 2.05) is 30.6 Å². The molecule has 26 heavy (non-hydrogen) atoms. The summed E-state index contributed by atoms with van der Waals surface area (Å²) in [5.74, 6) is 1.45. The van der Waals surface area contributed by atoms with Gasteiger partial charge < -0.3 is 19.6 Å². The van der Waals surface area contributed by atoms with Gasteiger partial charge in [0, 0.05) is 56.0 Å². The number of hydrogen-bond donors (Lipinski definition) is 2. The second-order valence-corrected chi connectivity index (χ2v) is 7.27. The van der Waals surface area contributed by atoms with Gasteiger partial charge >= 0.3 is 0 Å². The molecule has 0 spiro atoms. The van der Waals surface area contributed by atoms with Gasteiger partial charge in [0.2, 0.25) is 0 Å². The fourth-order valence-electron chi connectivity index (χ4n) is 3.98. The molecule has 0 amide bonds. The van der Waals surface area contributed by atoms with Gasteiger partial charge in [-0.05, 0) is 30.9 Å². The van der Waals surface area contributed by atoms with Crippen LogP contribution in [0.1, 0.15) is 18.5 Å². The number of nitrogens with zero attached hydrogens (tertiary/aromatic N) is 3. The lowest BCUT2D eigenvalue weighted by atomic mass is 10.1. The second-order valence-electron chi connectivity index (χ2n) is 7.27. The molecule has 1 fully saturated rings. The molecule has 1 unspecified atom stereocenters. The van der Waals surface area contributed by atoms with E-state index in [4.69, 9.17) is 0 Å². The van der Waals surface area contributed by atoms with Crippen molar-refractivity contribution in [2.75, 3.05) is 0 Å². The Hall–Kier alpha value is -2.37. The molecule has 1 aliphatic carbocycles. The van der Waals surface area contributed by atoms with E-state index in [1.165, 1.54) is 5.69 Å². The average Bonchev–Trinajstić information content (AvgIpc) is 3.35. The fraction of sp³-hybridized carbons (Fsp3) is 0.381. The maximum atomic E-state index is 10.5. The molecule has 4 rings (SSSR count). The van der Waals surface area contributed by atoms with Crippen LogP contribution in [0.5, 0.6) is 0 Å². The van der Waals surface area contributed by atoms with Gasteiger partial charge in [0.1, 0.15) is 5.82 Å². The molecule has 1 aromatic carbocycles. The third-order valence-corrected chi connectivity index (χ3v) is 5.43. The normalized spacial score (nSPS) is 22.8. The van der Waals surface area contributed by atoms with Crippen LogP contribution in [0.2, 0.25) is 0 Å². The number of aromatic nitrogens is 3. The van der Waals surface area contributed by atoms with E-state index in [9.17, 15) is 5.11 Å². The Bertz CT molecular complexity index is 839. The van der Waals surface area contributed by atoms with Crippen molar-refractivity contribution in [2.45, 2.75) is 38.1 Å². The van der Waals surface area contributed by atoms with E-state index in [2.05, 4.69) is 56.9 Å². The third-order valence-electron chi connectivity index (χ3n) is 5.43. The predicted molar refractivity (Wildman–Crippen MR) is 102 cm³/mol. The lowest BCUT2D eigenvalue weighted by Crippen LogP contribution is -2.35. The van der Waals surface area contributed by atoms with E-state index in [0.29, 0.717) is 5.92 Å². The minimum atomic E-state index is -0.288. The molecular formula is C21H26N4O. The van der Waals surface area contributed by atoms with E-state index in [1.54, 1.807) is 0 Å². The highest BCUT2D eigenvalue weighted by molar-refractivity contribution is 5.55. The van der Waals surface area contributed by atoms with Crippen LogP contribution >= 0.6 is 0 Å². The summed E-state index contributed by atoms with van der Waals surface area (Å²) in [6.45, 7) is 1.68. The van der Waals surface area contributed by atoms with Crippen molar-refractivity contribution in [1.29, 1.82) is 0 Å². The molecule has 5 heteroatoms. The van der Waals surface area contributed by atoms with Crippen LogP contribution in [0.3, 0.4) is 0 Å². The van der Waals surface area contributed by atoms with E-state index in [0.717, 1.165) is 37.3 Å². The SMILES string of the molecule is Cn1cccc1CN[C@@H]1CC(Cn2ccnc2-c2ccccc2)C[C@H]1O. The van der Waals surface area contributed by atoms with Gasteiger partial charge in [0.15, 0.2) is 0 Å². The molecule has 1 saturated carbocycles. The van der Waals surface area contributed by atoms with Crippen molar-refractivity contribution >= 4 is 0 Å². The Balaban J connectivity index is 1.38. The summed E-state index contributed by atoms with van der Waals surface area (Å²) in [6, 6.07) is 14.6. The first-order chi connectivity index (χ1) is 12.7. The first kappa shape index (κ1) is 17.1. The van der Waals surface area contributed by atoms with Crippen LogP contribution in [0, 0.1) is 5.92 Å². The van der Waals surface area contributed by atoms with Crippen molar-refractivity contribution in [3.8, 4) is 11.4 Å². The molecule has 3 aromatic rings. The van der Waals surface area contributed by atoms with Crippen LogP contribution in [0.4, 0.5) is 0 Å². The Labute approximate surface area is 154 Å². The summed E-state index contributed by atoms with van der Waals surface area (Å²) >= 11 is 0. The van der Waals surface area contributed by atoms with Crippen LogP contribution < -0.4 is 5.32 Å². The Morgan fingerprint density at radius 2 is 1.96 bits per heavy atom. The number of aliphatic hydroxyl groups is 1. The summed E-state index contributed by atoms with van der Waals surface area (Å²) in [7, 11) is 2.05. The summed E-state index contributed by atoms with van der Waals surface area (Å²) in [6.07, 6.45) is 7.48. The van der Waals surface area contributed by atoms with Crippen LogP contribution in [-0.2, 0) is 20.1 Å². The van der Waals surface area contributed by atoms with Crippen LogP contribution in [0.15, 0.2) is 61.1 Å². The quantitative estimate of drug-likeness (QED) is 0.719. The van der Waals surface area contributed by atoms with Crippen LogP contribution in [0.25, 0.3) is 11.4 Å². The molecular weight excluding hydrogens is 324 g/mol. The first-order valence-corrected chi connectivity index (χ1v) is 9.29. The summed E-state index contributed by atoms with van der Waals surface area (Å²) in [5, 5.41) is 14.0. The number of rotatable bonds is 6. The van der Waals surface area contributed by atoms with Gasteiger partial charge in [-0.3, -0.25) is 0 Å². The Morgan fingerprint density at radius 1 is 1.12 bits per heavy atom. The number of aryl methyl sites for hydroxylation is 1. The maximum Gasteiger partial charge on any atom is 0.139 e. The van der Waals surface area contributed by atoms with Gasteiger partial charge in [-0.1, -0.05) is 30.3 Å². The van der Waals surface area contributed by atoms with Crippen molar-refractivity contribution in [2.24, 2.45) is 13.0 Å². The van der Waals surface area contributed by atoms with Gasteiger partial charge in [-0.15, -0.1) is 0 Å². The van der Waals surface area contributed by atoms with Crippen molar-refractivity contribution in [3.63, 3.8) is 0 Å². The predicted octanol–water partition coefficient (Wildman–Crippen LogP) is 2.82. The zero-order valence-electron chi connectivity index (χ0n) is 15.1. The number of hydrogen-bond acceptors (Lipinski definition) is 3. The highest BCUT2D eigenvalue weighted by atomic mass is 16.3. The molecule has 5 nitrogen and oxygen atoms in total. The van der Waals surface area contributed by atoms with Crippen molar-refractivity contribution < 1.29 is 5.11 Å². The van der Waals surface area contributed by atoms with Crippen LogP contribution in [-0.4, -0.2) is 31.4 Å². The monoisotopic (exact) mass is 350 g/mol. The molecule has 2 heterocycles. The summed E-state index contributed by atoms with van der Waals surface area (Å²) in [5.41, 5.74) is 2.37. The average molecular weight is 350 g/mol. The Morgan fingerprint density at radius 3 is 2.73 bits per heavy atom. The first-order valence-electron chi connectivity index (χ1n) is 9.29. The second kappa shape index (κ2) is 7.48. The van der Waals surface area contributed by atoms with E-state index >= 15 is 0 Å². The van der Waals surface area contributed by atoms with Crippen molar-refractivity contribution in [1.82, 2.24) is 19.4 Å². The van der Waals surface area contributed by atoms with E-state index < -0.39 is 0 Å². The van der Waals surface area contributed by atoms with Gasteiger partial charge in [0.05, 0.1) is 6.10 Å². The van der Waals surface area contributed by atoms with Gasteiger partial charge in [0.25, 0.3) is 0 Å². The molecule has 0 radical (unpaired) electrons. The zero-order chi connectivity index (χ0) is 17.9. The lowest BCUT2D eigenvalue weighted by Gasteiger charge is -2.17. The molecule has 3 atom stereocenters. The van der Waals surface area contributed by atoms with Gasteiger partial charge in [-0.2, -0.15) is 0 Å². The highest BCUT2D eigenvalue weighted by Gasteiger charge is 2.33. The number of aliphatic hydroxyl groups excluding tert-OH is 1. The topological polar surface area (TPSA) is 55.0 Å². The van der Waals surface area contributed by atoms with Crippen molar-refractivity contribution in [3.05, 3.63) is 66.7 Å². The smallest absolute Gasteiger partial charge is 0.139 e. The molecule has 2 N–H and O–H groups in total. The van der Waals surface area contributed by atoms with E-state index in [-0.39, 0.29) is 12.1 Å².